The zero-order valence-corrected chi connectivity index (χ0v) is 8.22. The second kappa shape index (κ2) is 4.80. The molecule has 0 saturated carbocycles. The Labute approximate surface area is 74.9 Å². The van der Waals surface area contributed by atoms with E-state index >= 15 is 0 Å². The van der Waals surface area contributed by atoms with Crippen molar-refractivity contribution in [3.63, 3.8) is 0 Å². The molecule has 0 atom stereocenters. The van der Waals surface area contributed by atoms with E-state index in [0.29, 0.717) is 19.1 Å². The monoisotopic (exact) mass is 173 g/mol. The van der Waals surface area contributed by atoms with Gasteiger partial charge in [-0.2, -0.15) is 0 Å². The van der Waals surface area contributed by atoms with Gasteiger partial charge in [0.25, 0.3) is 0 Å². The van der Waals surface area contributed by atoms with Gasteiger partial charge in [0, 0.05) is 19.1 Å². The van der Waals surface area contributed by atoms with Crippen LogP contribution in [0.3, 0.4) is 0 Å². The molecule has 0 aromatic heterocycles. The summed E-state index contributed by atoms with van der Waals surface area (Å²) in [6.07, 6.45) is 4.37. The number of nitrogens with zero attached hydrogens (tertiary/aromatic N) is 1. The van der Waals surface area contributed by atoms with Crippen LogP contribution in [0.25, 0.3) is 0 Å². The summed E-state index contributed by atoms with van der Waals surface area (Å²) in [4.78, 5) is 2.29. The van der Waals surface area contributed by atoms with E-state index < -0.39 is 6.17 Å². The standard InChI is InChI=1S/C10H20FN/c1-3-5-10(6-4-2)12-7-9(11)8-12/h9-10H,3-8H2,1-2H3. The van der Waals surface area contributed by atoms with Gasteiger partial charge in [-0.25, -0.2) is 4.39 Å². The molecule has 0 aromatic carbocycles. The highest BCUT2D eigenvalue weighted by molar-refractivity contribution is 4.84. The first-order valence-electron chi connectivity index (χ1n) is 5.16. The Kier molecular flexibility index (Phi) is 3.99. The van der Waals surface area contributed by atoms with E-state index in [-0.39, 0.29) is 0 Å². The molecule has 1 fully saturated rings. The fourth-order valence-corrected chi connectivity index (χ4v) is 1.93. The Morgan fingerprint density at radius 1 is 1.25 bits per heavy atom. The van der Waals surface area contributed by atoms with Crippen LogP contribution in [-0.4, -0.2) is 30.2 Å². The molecule has 12 heavy (non-hydrogen) atoms. The quantitative estimate of drug-likeness (QED) is 0.617. The van der Waals surface area contributed by atoms with Crippen LogP contribution < -0.4 is 0 Å². The highest BCUT2D eigenvalue weighted by atomic mass is 19.1. The van der Waals surface area contributed by atoms with Crippen LogP contribution in [0.15, 0.2) is 0 Å². The maximum atomic E-state index is 12.6. The first-order chi connectivity index (χ1) is 5.77. The Morgan fingerprint density at radius 2 is 1.75 bits per heavy atom. The maximum Gasteiger partial charge on any atom is 0.125 e. The lowest BCUT2D eigenvalue weighted by molar-refractivity contribution is 0.0206. The van der Waals surface area contributed by atoms with Crippen LogP contribution in [0.1, 0.15) is 39.5 Å². The van der Waals surface area contributed by atoms with Crippen molar-refractivity contribution in [2.24, 2.45) is 0 Å². The van der Waals surface area contributed by atoms with Gasteiger partial charge in [0.2, 0.25) is 0 Å². The molecule has 1 rings (SSSR count). The predicted octanol–water partition coefficient (Wildman–Crippen LogP) is 2.61. The third-order valence-corrected chi connectivity index (χ3v) is 2.63. The molecule has 0 unspecified atom stereocenters. The number of alkyl halides is 1. The molecule has 0 spiro atoms. The van der Waals surface area contributed by atoms with E-state index in [1.54, 1.807) is 0 Å². The van der Waals surface area contributed by atoms with Gasteiger partial charge in [-0.15, -0.1) is 0 Å². The van der Waals surface area contributed by atoms with Gasteiger partial charge >= 0.3 is 0 Å². The van der Waals surface area contributed by atoms with Crippen LogP contribution in [0.5, 0.6) is 0 Å². The van der Waals surface area contributed by atoms with Crippen LogP contribution in [0.2, 0.25) is 0 Å². The average Bonchev–Trinajstić information content (AvgIpc) is 1.99. The topological polar surface area (TPSA) is 3.24 Å². The molecule has 1 nitrogen and oxygen atoms in total. The van der Waals surface area contributed by atoms with E-state index in [9.17, 15) is 4.39 Å². The number of halogens is 1. The highest BCUT2D eigenvalue weighted by Gasteiger charge is 2.30. The fraction of sp³-hybridized carbons (Fsp3) is 1.00. The predicted molar refractivity (Wildman–Crippen MR) is 50.1 cm³/mol. The summed E-state index contributed by atoms with van der Waals surface area (Å²) < 4.78 is 12.6. The molecular formula is C10H20FN. The van der Waals surface area contributed by atoms with Gasteiger partial charge in [0.1, 0.15) is 6.17 Å². The lowest BCUT2D eigenvalue weighted by Crippen LogP contribution is -2.53. The van der Waals surface area contributed by atoms with E-state index in [2.05, 4.69) is 18.7 Å². The van der Waals surface area contributed by atoms with Crippen molar-refractivity contribution in [2.75, 3.05) is 13.1 Å². The van der Waals surface area contributed by atoms with Crippen LogP contribution in [0.4, 0.5) is 4.39 Å². The van der Waals surface area contributed by atoms with Crippen LogP contribution >= 0.6 is 0 Å². The average molecular weight is 173 g/mol. The molecule has 1 saturated heterocycles. The number of rotatable bonds is 5. The Morgan fingerprint density at radius 3 is 2.08 bits per heavy atom. The van der Waals surface area contributed by atoms with Crippen molar-refractivity contribution in [1.29, 1.82) is 0 Å². The molecule has 0 aromatic rings. The van der Waals surface area contributed by atoms with Crippen molar-refractivity contribution in [3.05, 3.63) is 0 Å². The summed E-state index contributed by atoms with van der Waals surface area (Å²) >= 11 is 0. The summed E-state index contributed by atoms with van der Waals surface area (Å²) in [5.41, 5.74) is 0. The van der Waals surface area contributed by atoms with Gasteiger partial charge < -0.3 is 0 Å². The van der Waals surface area contributed by atoms with Gasteiger partial charge in [0.15, 0.2) is 0 Å². The zero-order chi connectivity index (χ0) is 8.97. The summed E-state index contributed by atoms with van der Waals surface area (Å²) in [6, 6.07) is 0.659. The maximum absolute atomic E-state index is 12.6. The lowest BCUT2D eigenvalue weighted by Gasteiger charge is -2.40. The van der Waals surface area contributed by atoms with Crippen molar-refractivity contribution in [2.45, 2.75) is 51.7 Å². The van der Waals surface area contributed by atoms with Gasteiger partial charge in [-0.05, 0) is 12.8 Å². The number of hydrogen-bond acceptors (Lipinski definition) is 1. The first-order valence-corrected chi connectivity index (χ1v) is 5.16. The third kappa shape index (κ3) is 2.44. The third-order valence-electron chi connectivity index (χ3n) is 2.63. The molecule has 2 heteroatoms. The number of likely N-dealkylation sites (tertiary alicyclic amines) is 1. The minimum Gasteiger partial charge on any atom is -0.295 e. The van der Waals surface area contributed by atoms with E-state index in [0.717, 1.165) is 0 Å². The summed E-state index contributed by atoms with van der Waals surface area (Å²) in [5.74, 6) is 0. The molecule has 0 aliphatic carbocycles. The Bertz CT molecular complexity index is 115. The minimum absolute atomic E-state index is 0.541. The summed E-state index contributed by atoms with van der Waals surface area (Å²) in [6.45, 7) is 5.78. The smallest absolute Gasteiger partial charge is 0.125 e. The van der Waals surface area contributed by atoms with Crippen molar-refractivity contribution >= 4 is 0 Å². The lowest BCUT2D eigenvalue weighted by atomic mass is 10.0. The molecule has 1 aliphatic heterocycles. The molecule has 0 radical (unpaired) electrons. The Hall–Kier alpha value is -0.110. The molecule has 0 amide bonds. The van der Waals surface area contributed by atoms with E-state index in [4.69, 9.17) is 0 Å². The molecule has 0 N–H and O–H groups in total. The van der Waals surface area contributed by atoms with E-state index in [1.807, 2.05) is 0 Å². The fourth-order valence-electron chi connectivity index (χ4n) is 1.93. The van der Waals surface area contributed by atoms with Gasteiger partial charge in [0.05, 0.1) is 0 Å². The van der Waals surface area contributed by atoms with Crippen molar-refractivity contribution in [1.82, 2.24) is 4.90 Å². The van der Waals surface area contributed by atoms with Gasteiger partial charge in [-0.1, -0.05) is 26.7 Å². The second-order valence-electron chi connectivity index (χ2n) is 3.78. The SMILES string of the molecule is CCCC(CCC)N1CC(F)C1. The summed E-state index contributed by atoms with van der Waals surface area (Å²) in [5, 5.41) is 0. The molecule has 1 heterocycles. The van der Waals surface area contributed by atoms with Crippen LogP contribution in [0, 0.1) is 0 Å². The molecule has 72 valence electrons. The zero-order valence-electron chi connectivity index (χ0n) is 8.22. The highest BCUT2D eigenvalue weighted by Crippen LogP contribution is 2.21. The van der Waals surface area contributed by atoms with Crippen molar-refractivity contribution < 1.29 is 4.39 Å². The number of hydrogen-bond donors (Lipinski definition) is 0. The normalized spacial score (nSPS) is 20.0. The largest absolute Gasteiger partial charge is 0.295 e. The first kappa shape index (κ1) is 9.97. The molecular weight excluding hydrogens is 153 g/mol. The van der Waals surface area contributed by atoms with Gasteiger partial charge in [-0.3, -0.25) is 4.90 Å². The molecule has 1 aliphatic rings. The summed E-state index contributed by atoms with van der Waals surface area (Å²) in [7, 11) is 0. The van der Waals surface area contributed by atoms with Crippen molar-refractivity contribution in [3.8, 4) is 0 Å². The van der Waals surface area contributed by atoms with Crippen LogP contribution in [-0.2, 0) is 0 Å². The Balaban J connectivity index is 2.22. The second-order valence-corrected chi connectivity index (χ2v) is 3.78. The van der Waals surface area contributed by atoms with E-state index in [1.165, 1.54) is 25.7 Å². The molecule has 0 bridgehead atoms. The minimum atomic E-state index is -0.541.